The number of carbonyl (C=O) groups is 2. The summed E-state index contributed by atoms with van der Waals surface area (Å²) in [6, 6.07) is 5.42. The van der Waals surface area contributed by atoms with E-state index in [4.69, 9.17) is 0 Å². The van der Waals surface area contributed by atoms with Crippen LogP contribution in [0.3, 0.4) is 0 Å². The number of hydrogen-bond acceptors (Lipinski definition) is 2. The Morgan fingerprint density at radius 2 is 1.90 bits per heavy atom. The van der Waals surface area contributed by atoms with Crippen LogP contribution in [0.2, 0.25) is 0 Å². The van der Waals surface area contributed by atoms with Crippen LogP contribution in [-0.2, 0) is 16.1 Å². The van der Waals surface area contributed by atoms with Gasteiger partial charge >= 0.3 is 0 Å². The van der Waals surface area contributed by atoms with E-state index >= 15 is 0 Å². The van der Waals surface area contributed by atoms with Crippen LogP contribution in [0.25, 0.3) is 0 Å². The molecule has 0 aromatic heterocycles. The van der Waals surface area contributed by atoms with Crippen LogP contribution < -0.4 is 5.32 Å². The third kappa shape index (κ3) is 3.26. The van der Waals surface area contributed by atoms with Crippen molar-refractivity contribution in [3.8, 4) is 0 Å². The lowest BCUT2D eigenvalue weighted by Crippen LogP contribution is -2.61. The number of carbonyl (C=O) groups excluding carboxylic acids is 2. The van der Waals surface area contributed by atoms with Gasteiger partial charge in [0.05, 0.1) is 0 Å². The number of aryl methyl sites for hydroxylation is 2. The SMILES string of the molecule is CCCC1C(=O)NC(C)C(=O)N1Cc1ccc(C)c(C)c1. The van der Waals surface area contributed by atoms with Gasteiger partial charge in [0, 0.05) is 6.54 Å². The molecule has 1 heterocycles. The molecule has 114 valence electrons. The Balaban J connectivity index is 2.25. The molecule has 1 fully saturated rings. The van der Waals surface area contributed by atoms with Gasteiger partial charge in [0.2, 0.25) is 11.8 Å². The van der Waals surface area contributed by atoms with Gasteiger partial charge in [-0.05, 0) is 43.9 Å². The zero-order valence-electron chi connectivity index (χ0n) is 13.3. The summed E-state index contributed by atoms with van der Waals surface area (Å²) in [6.07, 6.45) is 1.58. The Morgan fingerprint density at radius 3 is 2.52 bits per heavy atom. The van der Waals surface area contributed by atoms with Crippen molar-refractivity contribution in [3.63, 3.8) is 0 Å². The van der Waals surface area contributed by atoms with Crippen LogP contribution in [0, 0.1) is 13.8 Å². The van der Waals surface area contributed by atoms with Gasteiger partial charge in [-0.3, -0.25) is 9.59 Å². The summed E-state index contributed by atoms with van der Waals surface area (Å²) in [7, 11) is 0. The largest absolute Gasteiger partial charge is 0.343 e. The molecule has 2 atom stereocenters. The summed E-state index contributed by atoms with van der Waals surface area (Å²) < 4.78 is 0. The second kappa shape index (κ2) is 6.29. The number of rotatable bonds is 4. The number of benzene rings is 1. The molecule has 1 saturated heterocycles. The van der Waals surface area contributed by atoms with Crippen molar-refractivity contribution in [2.75, 3.05) is 0 Å². The molecular weight excluding hydrogens is 264 g/mol. The van der Waals surface area contributed by atoms with Gasteiger partial charge in [-0.2, -0.15) is 0 Å². The van der Waals surface area contributed by atoms with Gasteiger partial charge in [0.25, 0.3) is 0 Å². The molecule has 0 radical (unpaired) electrons. The van der Waals surface area contributed by atoms with E-state index < -0.39 is 6.04 Å². The van der Waals surface area contributed by atoms with Crippen molar-refractivity contribution in [2.24, 2.45) is 0 Å². The summed E-state index contributed by atoms with van der Waals surface area (Å²) >= 11 is 0. The molecule has 2 amide bonds. The minimum atomic E-state index is -0.433. The lowest BCUT2D eigenvalue weighted by Gasteiger charge is -2.38. The Kier molecular flexibility index (Phi) is 4.66. The molecule has 0 bridgehead atoms. The molecule has 2 unspecified atom stereocenters. The van der Waals surface area contributed by atoms with Crippen LogP contribution in [-0.4, -0.2) is 28.8 Å². The standard InChI is InChI=1S/C17H24N2O2/c1-5-6-15-16(20)18-13(4)17(21)19(15)10-14-8-7-11(2)12(3)9-14/h7-9,13,15H,5-6,10H2,1-4H3,(H,18,20). The molecule has 1 aromatic rings. The molecular formula is C17H24N2O2. The summed E-state index contributed by atoms with van der Waals surface area (Å²) in [5, 5.41) is 2.77. The van der Waals surface area contributed by atoms with Gasteiger partial charge in [0.15, 0.2) is 0 Å². The van der Waals surface area contributed by atoms with Crippen molar-refractivity contribution in [1.82, 2.24) is 10.2 Å². The Morgan fingerprint density at radius 1 is 1.19 bits per heavy atom. The molecule has 2 rings (SSSR count). The van der Waals surface area contributed by atoms with Crippen LogP contribution in [0.15, 0.2) is 18.2 Å². The average molecular weight is 288 g/mol. The summed E-state index contributed by atoms with van der Waals surface area (Å²) in [5.41, 5.74) is 3.52. The average Bonchev–Trinajstić information content (AvgIpc) is 2.44. The summed E-state index contributed by atoms with van der Waals surface area (Å²) in [4.78, 5) is 26.3. The van der Waals surface area contributed by atoms with Crippen LogP contribution in [0.1, 0.15) is 43.4 Å². The fourth-order valence-corrected chi connectivity index (χ4v) is 2.76. The highest BCUT2D eigenvalue weighted by molar-refractivity contribution is 5.96. The van der Waals surface area contributed by atoms with E-state index in [1.807, 2.05) is 13.0 Å². The number of hydrogen-bond donors (Lipinski definition) is 1. The van der Waals surface area contributed by atoms with Crippen molar-refractivity contribution >= 4 is 11.8 Å². The topological polar surface area (TPSA) is 49.4 Å². The van der Waals surface area contributed by atoms with E-state index in [1.54, 1.807) is 11.8 Å². The van der Waals surface area contributed by atoms with Gasteiger partial charge in [-0.15, -0.1) is 0 Å². The normalized spacial score (nSPS) is 22.4. The molecule has 4 nitrogen and oxygen atoms in total. The smallest absolute Gasteiger partial charge is 0.245 e. The van der Waals surface area contributed by atoms with Gasteiger partial charge in [0.1, 0.15) is 12.1 Å². The quantitative estimate of drug-likeness (QED) is 0.924. The number of amides is 2. The molecule has 4 heteroatoms. The fraction of sp³-hybridized carbons (Fsp3) is 0.529. The number of nitrogens with zero attached hydrogens (tertiary/aromatic N) is 1. The van der Waals surface area contributed by atoms with Crippen molar-refractivity contribution < 1.29 is 9.59 Å². The molecule has 1 aliphatic heterocycles. The zero-order valence-corrected chi connectivity index (χ0v) is 13.3. The van der Waals surface area contributed by atoms with Crippen LogP contribution >= 0.6 is 0 Å². The van der Waals surface area contributed by atoms with E-state index in [9.17, 15) is 9.59 Å². The molecule has 1 N–H and O–H groups in total. The molecule has 0 aliphatic carbocycles. The Hall–Kier alpha value is -1.84. The monoisotopic (exact) mass is 288 g/mol. The van der Waals surface area contributed by atoms with E-state index in [1.165, 1.54) is 11.1 Å². The summed E-state index contributed by atoms with van der Waals surface area (Å²) in [6.45, 7) is 8.42. The van der Waals surface area contributed by atoms with E-state index in [0.29, 0.717) is 13.0 Å². The van der Waals surface area contributed by atoms with E-state index in [2.05, 4.69) is 31.3 Å². The van der Waals surface area contributed by atoms with Gasteiger partial charge in [-0.1, -0.05) is 31.5 Å². The Labute approximate surface area is 126 Å². The lowest BCUT2D eigenvalue weighted by atomic mass is 10.0. The minimum Gasteiger partial charge on any atom is -0.343 e. The van der Waals surface area contributed by atoms with Crippen molar-refractivity contribution in [2.45, 2.75) is 59.2 Å². The third-order valence-electron chi connectivity index (χ3n) is 4.18. The van der Waals surface area contributed by atoms with Gasteiger partial charge < -0.3 is 10.2 Å². The van der Waals surface area contributed by atoms with E-state index in [0.717, 1.165) is 12.0 Å². The first-order valence-electron chi connectivity index (χ1n) is 7.61. The van der Waals surface area contributed by atoms with Crippen molar-refractivity contribution in [3.05, 3.63) is 34.9 Å². The molecule has 1 aliphatic rings. The second-order valence-corrected chi connectivity index (χ2v) is 5.92. The maximum absolute atomic E-state index is 12.4. The first kappa shape index (κ1) is 15.5. The number of nitrogens with one attached hydrogen (secondary N) is 1. The maximum atomic E-state index is 12.4. The second-order valence-electron chi connectivity index (χ2n) is 5.92. The fourth-order valence-electron chi connectivity index (χ4n) is 2.76. The predicted octanol–water partition coefficient (Wildman–Crippen LogP) is 2.32. The van der Waals surface area contributed by atoms with Gasteiger partial charge in [-0.25, -0.2) is 0 Å². The van der Waals surface area contributed by atoms with Crippen LogP contribution in [0.4, 0.5) is 0 Å². The van der Waals surface area contributed by atoms with E-state index in [-0.39, 0.29) is 17.9 Å². The lowest BCUT2D eigenvalue weighted by molar-refractivity contribution is -0.149. The van der Waals surface area contributed by atoms with Crippen LogP contribution in [0.5, 0.6) is 0 Å². The first-order chi connectivity index (χ1) is 9.93. The zero-order chi connectivity index (χ0) is 15.6. The molecule has 1 aromatic carbocycles. The third-order valence-corrected chi connectivity index (χ3v) is 4.18. The molecule has 0 saturated carbocycles. The highest BCUT2D eigenvalue weighted by Gasteiger charge is 2.37. The Bertz CT molecular complexity index is 554. The van der Waals surface area contributed by atoms with Crippen molar-refractivity contribution in [1.29, 1.82) is 0 Å². The first-order valence-corrected chi connectivity index (χ1v) is 7.61. The maximum Gasteiger partial charge on any atom is 0.245 e. The molecule has 21 heavy (non-hydrogen) atoms. The summed E-state index contributed by atoms with van der Waals surface area (Å²) in [5.74, 6) is -0.0286. The minimum absolute atomic E-state index is 0.00581. The molecule has 0 spiro atoms. The predicted molar refractivity (Wildman–Crippen MR) is 82.8 cm³/mol. The number of piperazine rings is 1. The highest BCUT2D eigenvalue weighted by Crippen LogP contribution is 2.19. The highest BCUT2D eigenvalue weighted by atomic mass is 16.2.